The second-order valence-electron chi connectivity index (χ2n) is 7.39. The van der Waals surface area contributed by atoms with Gasteiger partial charge in [0.15, 0.2) is 11.5 Å². The summed E-state index contributed by atoms with van der Waals surface area (Å²) in [6.07, 6.45) is 6.57. The summed E-state index contributed by atoms with van der Waals surface area (Å²) < 4.78 is 11.1. The summed E-state index contributed by atoms with van der Waals surface area (Å²) in [5.41, 5.74) is 2.56. The molecule has 0 bridgehead atoms. The van der Waals surface area contributed by atoms with Crippen molar-refractivity contribution in [3.63, 3.8) is 0 Å². The summed E-state index contributed by atoms with van der Waals surface area (Å²) in [5.74, 6) is 2.04. The first-order chi connectivity index (χ1) is 14.7. The average Bonchev–Trinajstić information content (AvgIpc) is 2.79. The zero-order chi connectivity index (χ0) is 20.9. The van der Waals surface area contributed by atoms with Gasteiger partial charge in [-0.3, -0.25) is 14.7 Å². The van der Waals surface area contributed by atoms with Gasteiger partial charge in [0.2, 0.25) is 0 Å². The fraction of sp³-hybridized carbons (Fsp3) is 0.348. The molecule has 4 rings (SSSR count). The summed E-state index contributed by atoms with van der Waals surface area (Å²) in [5, 5.41) is 0. The van der Waals surface area contributed by atoms with E-state index < -0.39 is 0 Å². The second kappa shape index (κ2) is 9.09. The highest BCUT2D eigenvalue weighted by molar-refractivity contribution is 5.53. The minimum Gasteiger partial charge on any atom is -0.493 e. The van der Waals surface area contributed by atoms with Crippen LogP contribution in [0.25, 0.3) is 11.4 Å². The molecule has 0 spiro atoms. The van der Waals surface area contributed by atoms with E-state index >= 15 is 0 Å². The second-order valence-corrected chi connectivity index (χ2v) is 7.39. The largest absolute Gasteiger partial charge is 0.493 e. The number of piperidine rings is 1. The lowest BCUT2D eigenvalue weighted by molar-refractivity contribution is 0.135. The highest BCUT2D eigenvalue weighted by Gasteiger charge is 2.27. The number of benzene rings is 1. The first-order valence-electron chi connectivity index (χ1n) is 10.1. The number of pyridine rings is 1. The van der Waals surface area contributed by atoms with Gasteiger partial charge in [-0.25, -0.2) is 4.98 Å². The first kappa shape index (κ1) is 20.1. The van der Waals surface area contributed by atoms with Gasteiger partial charge in [0, 0.05) is 36.1 Å². The van der Waals surface area contributed by atoms with Crippen molar-refractivity contribution < 1.29 is 9.47 Å². The van der Waals surface area contributed by atoms with E-state index in [0.717, 1.165) is 54.1 Å². The Bertz CT molecular complexity index is 1050. The third-order valence-corrected chi connectivity index (χ3v) is 5.53. The standard InChI is InChI=1S/C23H26N4O3/c1-29-20-8-5-6-17(22(20)30-2)15-27-13-4-3-7-19(27)18-14-21(28)26-23(25-18)16-9-11-24-12-10-16/h5-6,8-12,14,19H,3-4,7,13,15H2,1-2H3,(H,25,26,28)/t19-/m0/s1. The minimum absolute atomic E-state index is 0.0672. The van der Waals surface area contributed by atoms with Crippen molar-refractivity contribution >= 4 is 0 Å². The van der Waals surface area contributed by atoms with Gasteiger partial charge in [-0.15, -0.1) is 0 Å². The van der Waals surface area contributed by atoms with E-state index in [1.807, 2.05) is 24.3 Å². The van der Waals surface area contributed by atoms with Crippen LogP contribution in [0.5, 0.6) is 11.5 Å². The fourth-order valence-electron chi connectivity index (χ4n) is 4.11. The van der Waals surface area contributed by atoms with E-state index in [4.69, 9.17) is 14.5 Å². The summed E-state index contributed by atoms with van der Waals surface area (Å²) in [6.45, 7) is 1.63. The van der Waals surface area contributed by atoms with E-state index in [9.17, 15) is 4.79 Å². The van der Waals surface area contributed by atoms with Crippen molar-refractivity contribution in [1.29, 1.82) is 0 Å². The first-order valence-corrected chi connectivity index (χ1v) is 10.1. The predicted molar refractivity (Wildman–Crippen MR) is 115 cm³/mol. The number of para-hydroxylation sites is 1. The molecule has 1 saturated heterocycles. The molecule has 1 aliphatic heterocycles. The van der Waals surface area contributed by atoms with Crippen LogP contribution in [-0.2, 0) is 6.54 Å². The number of methoxy groups -OCH3 is 2. The van der Waals surface area contributed by atoms with Crippen LogP contribution in [0, 0.1) is 0 Å². The molecule has 2 aromatic heterocycles. The topological polar surface area (TPSA) is 80.3 Å². The molecule has 3 aromatic rings. The number of ether oxygens (including phenoxy) is 2. The van der Waals surface area contributed by atoms with Crippen molar-refractivity contribution in [1.82, 2.24) is 19.9 Å². The molecule has 7 heteroatoms. The molecule has 0 aliphatic carbocycles. The number of rotatable bonds is 6. The number of H-pyrrole nitrogens is 1. The number of hydrogen-bond acceptors (Lipinski definition) is 6. The van der Waals surface area contributed by atoms with E-state index in [0.29, 0.717) is 12.4 Å². The lowest BCUT2D eigenvalue weighted by Crippen LogP contribution is -2.34. The van der Waals surface area contributed by atoms with Crippen LogP contribution in [0.15, 0.2) is 53.6 Å². The molecule has 0 radical (unpaired) electrons. The van der Waals surface area contributed by atoms with Crippen LogP contribution in [0.4, 0.5) is 0 Å². The van der Waals surface area contributed by atoms with Crippen LogP contribution >= 0.6 is 0 Å². The molecular formula is C23H26N4O3. The van der Waals surface area contributed by atoms with Gasteiger partial charge in [0.25, 0.3) is 5.56 Å². The summed E-state index contributed by atoms with van der Waals surface area (Å²) >= 11 is 0. The number of hydrogen-bond donors (Lipinski definition) is 1. The molecule has 0 saturated carbocycles. The molecule has 7 nitrogen and oxygen atoms in total. The molecule has 156 valence electrons. The lowest BCUT2D eigenvalue weighted by atomic mass is 9.98. The van der Waals surface area contributed by atoms with E-state index in [-0.39, 0.29) is 11.6 Å². The van der Waals surface area contributed by atoms with Crippen LogP contribution in [0.1, 0.15) is 36.6 Å². The lowest BCUT2D eigenvalue weighted by Gasteiger charge is -2.35. The summed E-state index contributed by atoms with van der Waals surface area (Å²) in [4.78, 5) is 26.5. The molecule has 0 unspecified atom stereocenters. The smallest absolute Gasteiger partial charge is 0.251 e. The third-order valence-electron chi connectivity index (χ3n) is 5.53. The number of nitrogens with one attached hydrogen (secondary N) is 1. The fourth-order valence-corrected chi connectivity index (χ4v) is 4.11. The molecule has 3 heterocycles. The Hall–Kier alpha value is -3.19. The maximum absolute atomic E-state index is 12.4. The van der Waals surface area contributed by atoms with Gasteiger partial charge >= 0.3 is 0 Å². The third kappa shape index (κ3) is 4.21. The van der Waals surface area contributed by atoms with E-state index in [1.54, 1.807) is 32.7 Å². The summed E-state index contributed by atoms with van der Waals surface area (Å²) in [6, 6.07) is 11.3. The van der Waals surface area contributed by atoms with E-state index in [1.165, 1.54) is 0 Å². The average molecular weight is 406 g/mol. The quantitative estimate of drug-likeness (QED) is 0.674. The Morgan fingerprint density at radius 1 is 1.13 bits per heavy atom. The highest BCUT2D eigenvalue weighted by Crippen LogP contribution is 2.36. The predicted octanol–water partition coefficient (Wildman–Crippen LogP) is 3.58. The van der Waals surface area contributed by atoms with Crippen molar-refractivity contribution in [2.45, 2.75) is 31.8 Å². The van der Waals surface area contributed by atoms with Gasteiger partial charge in [0.1, 0.15) is 5.82 Å². The van der Waals surface area contributed by atoms with Crippen LogP contribution < -0.4 is 15.0 Å². The van der Waals surface area contributed by atoms with Gasteiger partial charge in [-0.1, -0.05) is 18.6 Å². The Balaban J connectivity index is 1.67. The number of nitrogens with zero attached hydrogens (tertiary/aromatic N) is 3. The maximum Gasteiger partial charge on any atom is 0.251 e. The van der Waals surface area contributed by atoms with Crippen molar-refractivity contribution in [2.24, 2.45) is 0 Å². The van der Waals surface area contributed by atoms with Gasteiger partial charge in [-0.2, -0.15) is 0 Å². The normalized spacial score (nSPS) is 16.9. The Morgan fingerprint density at radius 2 is 1.97 bits per heavy atom. The van der Waals surface area contributed by atoms with Crippen LogP contribution in [0.3, 0.4) is 0 Å². The number of aromatic amines is 1. The molecule has 1 aromatic carbocycles. The molecule has 1 N–H and O–H groups in total. The number of aromatic nitrogens is 3. The highest BCUT2D eigenvalue weighted by atomic mass is 16.5. The molecule has 1 fully saturated rings. The number of likely N-dealkylation sites (tertiary alicyclic amines) is 1. The van der Waals surface area contributed by atoms with Crippen LogP contribution in [-0.4, -0.2) is 40.6 Å². The molecule has 1 atom stereocenters. The minimum atomic E-state index is -0.142. The van der Waals surface area contributed by atoms with Gasteiger partial charge < -0.3 is 14.5 Å². The molecule has 0 amide bonds. The zero-order valence-corrected chi connectivity index (χ0v) is 17.3. The SMILES string of the molecule is COc1cccc(CN2CCCC[C@H]2c2cc(=O)[nH]c(-c3ccncc3)n2)c1OC. The van der Waals surface area contributed by atoms with Gasteiger partial charge in [0.05, 0.1) is 26.0 Å². The Labute approximate surface area is 175 Å². The zero-order valence-electron chi connectivity index (χ0n) is 17.3. The maximum atomic E-state index is 12.4. The Kier molecular flexibility index (Phi) is 6.09. The molecular weight excluding hydrogens is 380 g/mol. The van der Waals surface area contributed by atoms with Crippen molar-refractivity contribution in [3.05, 3.63) is 70.4 Å². The molecule has 30 heavy (non-hydrogen) atoms. The van der Waals surface area contributed by atoms with Gasteiger partial charge in [-0.05, 0) is 37.6 Å². The van der Waals surface area contributed by atoms with Crippen molar-refractivity contribution in [2.75, 3.05) is 20.8 Å². The molecule has 1 aliphatic rings. The van der Waals surface area contributed by atoms with Crippen molar-refractivity contribution in [3.8, 4) is 22.9 Å². The van der Waals surface area contributed by atoms with Crippen LogP contribution in [0.2, 0.25) is 0 Å². The Morgan fingerprint density at radius 3 is 2.73 bits per heavy atom. The summed E-state index contributed by atoms with van der Waals surface area (Å²) in [7, 11) is 3.31. The monoisotopic (exact) mass is 406 g/mol. The van der Waals surface area contributed by atoms with E-state index in [2.05, 4.69) is 20.9 Å².